The van der Waals surface area contributed by atoms with E-state index < -0.39 is 0 Å². The third kappa shape index (κ3) is 5.75. The minimum Gasteiger partial charge on any atom is -0.489 e. The molecule has 1 N–H and O–H groups in total. The van der Waals surface area contributed by atoms with Crippen LogP contribution in [0.5, 0.6) is 5.75 Å². The normalized spacial score (nSPS) is 12.0. The molecule has 0 radical (unpaired) electrons. The highest BCUT2D eigenvalue weighted by Crippen LogP contribution is 2.25. The van der Waals surface area contributed by atoms with E-state index in [9.17, 15) is 0 Å². The van der Waals surface area contributed by atoms with Gasteiger partial charge in [0.05, 0.1) is 0 Å². The highest BCUT2D eigenvalue weighted by Gasteiger charge is 2.12. The van der Waals surface area contributed by atoms with Gasteiger partial charge in [0.1, 0.15) is 12.4 Å². The van der Waals surface area contributed by atoms with E-state index in [0.29, 0.717) is 22.7 Å². The van der Waals surface area contributed by atoms with Crippen molar-refractivity contribution in [2.24, 2.45) is 0 Å². The van der Waals surface area contributed by atoms with Crippen molar-refractivity contribution < 1.29 is 4.74 Å². The standard InChI is InChI=1S/C24H25Cl2NO/c1-2-8-23(18-9-4-3-5-10-18)27-16-19-11-6-7-12-24(19)28-17-20-13-14-21(25)15-22(20)26/h3-7,9-15,23,27H,2,8,16-17H2,1H3. The number of halogens is 2. The van der Waals surface area contributed by atoms with Gasteiger partial charge in [-0.1, -0.05) is 91.1 Å². The summed E-state index contributed by atoms with van der Waals surface area (Å²) in [5.74, 6) is 0.865. The summed E-state index contributed by atoms with van der Waals surface area (Å²) in [6, 6.07) is 24.5. The molecule has 0 amide bonds. The summed E-state index contributed by atoms with van der Waals surface area (Å²) in [5, 5.41) is 4.93. The molecule has 3 aromatic carbocycles. The Balaban J connectivity index is 1.67. The summed E-state index contributed by atoms with van der Waals surface area (Å²) >= 11 is 12.2. The molecule has 4 heteroatoms. The van der Waals surface area contributed by atoms with E-state index in [0.717, 1.165) is 36.3 Å². The first-order valence-corrected chi connectivity index (χ1v) is 10.4. The number of nitrogens with one attached hydrogen (secondary N) is 1. The van der Waals surface area contributed by atoms with Crippen molar-refractivity contribution in [1.82, 2.24) is 5.32 Å². The Morgan fingerprint density at radius 3 is 2.39 bits per heavy atom. The number of hydrogen-bond donors (Lipinski definition) is 1. The van der Waals surface area contributed by atoms with Crippen molar-refractivity contribution >= 4 is 23.2 Å². The van der Waals surface area contributed by atoms with Gasteiger partial charge in [0.15, 0.2) is 0 Å². The summed E-state index contributed by atoms with van der Waals surface area (Å²) in [7, 11) is 0. The maximum atomic E-state index is 6.26. The molecule has 2 nitrogen and oxygen atoms in total. The fourth-order valence-corrected chi connectivity index (χ4v) is 3.64. The zero-order valence-electron chi connectivity index (χ0n) is 16.0. The Morgan fingerprint density at radius 1 is 0.893 bits per heavy atom. The smallest absolute Gasteiger partial charge is 0.124 e. The Kier molecular flexibility index (Phi) is 7.79. The van der Waals surface area contributed by atoms with E-state index in [2.05, 4.69) is 48.6 Å². The number of hydrogen-bond acceptors (Lipinski definition) is 2. The maximum Gasteiger partial charge on any atom is 0.124 e. The Hall–Kier alpha value is -2.00. The van der Waals surface area contributed by atoms with Crippen molar-refractivity contribution in [1.29, 1.82) is 0 Å². The van der Waals surface area contributed by atoms with Crippen LogP contribution in [0.3, 0.4) is 0 Å². The summed E-state index contributed by atoms with van der Waals surface area (Å²) in [6.45, 7) is 3.36. The summed E-state index contributed by atoms with van der Waals surface area (Å²) in [6.07, 6.45) is 2.22. The summed E-state index contributed by atoms with van der Waals surface area (Å²) < 4.78 is 6.07. The van der Waals surface area contributed by atoms with Gasteiger partial charge < -0.3 is 10.1 Å². The predicted octanol–water partition coefficient (Wildman–Crippen LogP) is 7.20. The van der Waals surface area contributed by atoms with E-state index in [1.165, 1.54) is 5.56 Å². The van der Waals surface area contributed by atoms with Gasteiger partial charge in [-0.2, -0.15) is 0 Å². The van der Waals surface area contributed by atoms with E-state index in [1.54, 1.807) is 6.07 Å². The largest absolute Gasteiger partial charge is 0.489 e. The van der Waals surface area contributed by atoms with Crippen molar-refractivity contribution in [3.8, 4) is 5.75 Å². The first-order chi connectivity index (χ1) is 13.7. The number of ether oxygens (including phenoxy) is 1. The fraction of sp³-hybridized carbons (Fsp3) is 0.250. The molecule has 0 spiro atoms. The summed E-state index contributed by atoms with van der Waals surface area (Å²) in [5.41, 5.74) is 3.36. The van der Waals surface area contributed by atoms with Crippen LogP contribution in [0.2, 0.25) is 10.0 Å². The highest BCUT2D eigenvalue weighted by molar-refractivity contribution is 6.35. The maximum absolute atomic E-state index is 6.26. The van der Waals surface area contributed by atoms with Crippen molar-refractivity contribution in [2.75, 3.05) is 0 Å². The van der Waals surface area contributed by atoms with Gasteiger partial charge in [-0.3, -0.25) is 0 Å². The first kappa shape index (κ1) is 20.7. The zero-order valence-corrected chi connectivity index (χ0v) is 17.5. The van der Waals surface area contributed by atoms with Crippen LogP contribution in [0, 0.1) is 0 Å². The lowest BCUT2D eigenvalue weighted by Gasteiger charge is -2.20. The molecular formula is C24H25Cl2NO. The molecule has 0 bridgehead atoms. The van der Waals surface area contributed by atoms with Gasteiger partial charge >= 0.3 is 0 Å². The molecule has 0 aromatic heterocycles. The Morgan fingerprint density at radius 2 is 1.64 bits per heavy atom. The molecule has 1 atom stereocenters. The van der Waals surface area contributed by atoms with Crippen LogP contribution in [0.25, 0.3) is 0 Å². The van der Waals surface area contributed by atoms with Crippen molar-refractivity contribution in [3.63, 3.8) is 0 Å². The molecule has 3 aromatic rings. The predicted molar refractivity (Wildman–Crippen MR) is 118 cm³/mol. The number of para-hydroxylation sites is 1. The van der Waals surface area contributed by atoms with Gasteiger partial charge in [-0.05, 0) is 30.2 Å². The average Bonchev–Trinajstić information content (AvgIpc) is 2.72. The monoisotopic (exact) mass is 413 g/mol. The van der Waals surface area contributed by atoms with Crippen LogP contribution in [0.1, 0.15) is 42.5 Å². The highest BCUT2D eigenvalue weighted by atomic mass is 35.5. The third-order valence-corrected chi connectivity index (χ3v) is 5.28. The molecule has 0 aliphatic carbocycles. The lowest BCUT2D eigenvalue weighted by atomic mass is 10.0. The van der Waals surface area contributed by atoms with Crippen LogP contribution >= 0.6 is 23.2 Å². The molecule has 0 saturated carbocycles. The van der Waals surface area contributed by atoms with Gasteiger partial charge in [0, 0.05) is 33.8 Å². The molecule has 1 unspecified atom stereocenters. The first-order valence-electron chi connectivity index (χ1n) is 9.60. The molecule has 0 fully saturated rings. The Bertz CT molecular complexity index is 883. The molecule has 0 heterocycles. The summed E-state index contributed by atoms with van der Waals surface area (Å²) in [4.78, 5) is 0. The minimum atomic E-state index is 0.324. The van der Waals surface area contributed by atoms with Crippen LogP contribution in [-0.2, 0) is 13.2 Å². The third-order valence-electron chi connectivity index (χ3n) is 4.69. The van der Waals surface area contributed by atoms with Gasteiger partial charge in [-0.15, -0.1) is 0 Å². The van der Waals surface area contributed by atoms with E-state index in [4.69, 9.17) is 27.9 Å². The SMILES string of the molecule is CCCC(NCc1ccccc1OCc1ccc(Cl)cc1Cl)c1ccccc1. The van der Waals surface area contributed by atoms with Crippen LogP contribution < -0.4 is 10.1 Å². The minimum absolute atomic E-state index is 0.324. The molecule has 0 aliphatic rings. The lowest BCUT2D eigenvalue weighted by molar-refractivity contribution is 0.301. The topological polar surface area (TPSA) is 21.3 Å². The van der Waals surface area contributed by atoms with Crippen LogP contribution in [0.15, 0.2) is 72.8 Å². The van der Waals surface area contributed by atoms with Crippen LogP contribution in [0.4, 0.5) is 0 Å². The molecule has 28 heavy (non-hydrogen) atoms. The molecule has 0 aliphatic heterocycles. The van der Waals surface area contributed by atoms with E-state index in [-0.39, 0.29) is 0 Å². The number of rotatable bonds is 9. The molecule has 146 valence electrons. The average molecular weight is 414 g/mol. The second kappa shape index (κ2) is 10.5. The van der Waals surface area contributed by atoms with E-state index >= 15 is 0 Å². The Labute approximate surface area is 177 Å². The zero-order chi connectivity index (χ0) is 19.8. The molecule has 0 saturated heterocycles. The molecule has 3 rings (SSSR count). The second-order valence-electron chi connectivity index (χ2n) is 6.76. The lowest BCUT2D eigenvalue weighted by Crippen LogP contribution is -2.21. The number of benzene rings is 3. The van der Waals surface area contributed by atoms with Crippen molar-refractivity contribution in [3.05, 3.63) is 99.5 Å². The van der Waals surface area contributed by atoms with E-state index in [1.807, 2.05) is 30.3 Å². The van der Waals surface area contributed by atoms with Crippen molar-refractivity contribution in [2.45, 2.75) is 39.0 Å². The van der Waals surface area contributed by atoms with Gasteiger partial charge in [0.25, 0.3) is 0 Å². The molecular weight excluding hydrogens is 389 g/mol. The van der Waals surface area contributed by atoms with Gasteiger partial charge in [-0.25, -0.2) is 0 Å². The van der Waals surface area contributed by atoms with Crippen LogP contribution in [-0.4, -0.2) is 0 Å². The second-order valence-corrected chi connectivity index (χ2v) is 7.61. The quantitative estimate of drug-likeness (QED) is 0.400. The fourth-order valence-electron chi connectivity index (χ4n) is 3.18. The van der Waals surface area contributed by atoms with Gasteiger partial charge in [0.2, 0.25) is 0 Å².